The van der Waals surface area contributed by atoms with Gasteiger partial charge in [0.05, 0.1) is 10.6 Å². The monoisotopic (exact) mass is 446 g/mol. The third kappa shape index (κ3) is 4.63. The van der Waals surface area contributed by atoms with Gasteiger partial charge >= 0.3 is 0 Å². The van der Waals surface area contributed by atoms with Gasteiger partial charge in [0, 0.05) is 29.7 Å². The molecule has 0 saturated heterocycles. The second kappa shape index (κ2) is 8.85. The van der Waals surface area contributed by atoms with Crippen LogP contribution in [0.3, 0.4) is 0 Å². The quantitative estimate of drug-likeness (QED) is 0.604. The fourth-order valence-corrected chi connectivity index (χ4v) is 4.28. The average molecular weight is 447 g/mol. The van der Waals surface area contributed by atoms with Crippen LogP contribution in [0.25, 0.3) is 0 Å². The molecule has 0 unspecified atom stereocenters. The molecule has 0 aromatic heterocycles. The molecule has 8 heteroatoms. The summed E-state index contributed by atoms with van der Waals surface area (Å²) in [6, 6.07) is 16.8. The molecule has 1 N–H and O–H groups in total. The number of carbonyl (C=O) groups is 1. The molecule has 0 fully saturated rings. The Morgan fingerprint density at radius 3 is 2.40 bits per heavy atom. The van der Waals surface area contributed by atoms with E-state index >= 15 is 0 Å². The van der Waals surface area contributed by atoms with Gasteiger partial charge in [-0.2, -0.15) is 0 Å². The van der Waals surface area contributed by atoms with Crippen LogP contribution in [0.2, 0.25) is 5.02 Å². The van der Waals surface area contributed by atoms with Crippen molar-refractivity contribution in [3.05, 3.63) is 94.3 Å². The maximum atomic E-state index is 13.7. The van der Waals surface area contributed by atoms with Crippen molar-refractivity contribution < 1.29 is 17.6 Å². The number of sulfonamides is 1. The molecular weight excluding hydrogens is 427 g/mol. The number of nitrogens with one attached hydrogen (secondary N) is 1. The van der Waals surface area contributed by atoms with Crippen molar-refractivity contribution in [2.24, 2.45) is 0 Å². The number of halogens is 2. The van der Waals surface area contributed by atoms with Gasteiger partial charge in [0.25, 0.3) is 15.9 Å². The zero-order valence-electron chi connectivity index (χ0n) is 16.4. The molecule has 3 rings (SSSR count). The smallest absolute Gasteiger partial charge is 0.264 e. The lowest BCUT2D eigenvalue weighted by Crippen LogP contribution is -2.28. The number of hydrogen-bond donors (Lipinski definition) is 1. The summed E-state index contributed by atoms with van der Waals surface area (Å²) >= 11 is 5.85. The van der Waals surface area contributed by atoms with E-state index in [1.807, 2.05) is 0 Å². The van der Waals surface area contributed by atoms with Crippen LogP contribution in [-0.2, 0) is 16.6 Å². The molecule has 0 atom stereocenters. The van der Waals surface area contributed by atoms with Gasteiger partial charge in [-0.05, 0) is 55.0 Å². The van der Waals surface area contributed by atoms with Crippen molar-refractivity contribution in [1.29, 1.82) is 0 Å². The number of nitrogens with zero attached hydrogens (tertiary/aromatic N) is 1. The highest BCUT2D eigenvalue weighted by molar-refractivity contribution is 7.92. The van der Waals surface area contributed by atoms with Crippen LogP contribution < -0.4 is 9.62 Å². The molecular formula is C22H20ClFN2O3S. The van der Waals surface area contributed by atoms with Crippen molar-refractivity contribution >= 4 is 33.2 Å². The van der Waals surface area contributed by atoms with E-state index < -0.39 is 21.7 Å². The number of carbonyl (C=O) groups excluding carboxylic acids is 1. The van der Waals surface area contributed by atoms with E-state index in [1.165, 1.54) is 43.4 Å². The van der Waals surface area contributed by atoms with Crippen LogP contribution in [0.1, 0.15) is 21.5 Å². The molecule has 0 aliphatic heterocycles. The van der Waals surface area contributed by atoms with Crippen molar-refractivity contribution in [3.8, 4) is 0 Å². The predicted octanol–water partition coefficient (Wildman–Crippen LogP) is 4.54. The van der Waals surface area contributed by atoms with Gasteiger partial charge in [-0.25, -0.2) is 12.8 Å². The normalized spacial score (nSPS) is 11.2. The second-order valence-corrected chi connectivity index (χ2v) is 9.11. The first-order valence-corrected chi connectivity index (χ1v) is 10.9. The lowest BCUT2D eigenvalue weighted by atomic mass is 10.1. The minimum absolute atomic E-state index is 0.0215. The summed E-state index contributed by atoms with van der Waals surface area (Å²) in [5.41, 5.74) is 1.68. The van der Waals surface area contributed by atoms with Crippen molar-refractivity contribution in [3.63, 3.8) is 0 Å². The second-order valence-electron chi connectivity index (χ2n) is 6.70. The highest BCUT2D eigenvalue weighted by Crippen LogP contribution is 2.27. The Hall–Kier alpha value is -2.90. The van der Waals surface area contributed by atoms with Gasteiger partial charge in [0.15, 0.2) is 0 Å². The van der Waals surface area contributed by atoms with Crippen molar-refractivity contribution in [2.75, 3.05) is 11.4 Å². The zero-order valence-corrected chi connectivity index (χ0v) is 18.0. The number of benzene rings is 3. The third-order valence-electron chi connectivity index (χ3n) is 4.68. The number of amides is 1. The molecule has 5 nitrogen and oxygen atoms in total. The first kappa shape index (κ1) is 21.8. The zero-order chi connectivity index (χ0) is 21.9. The van der Waals surface area contributed by atoms with Gasteiger partial charge < -0.3 is 5.32 Å². The summed E-state index contributed by atoms with van der Waals surface area (Å²) in [5, 5.41) is 3.09. The van der Waals surface area contributed by atoms with Crippen LogP contribution in [-0.4, -0.2) is 21.4 Å². The molecule has 30 heavy (non-hydrogen) atoms. The minimum atomic E-state index is -3.84. The van der Waals surface area contributed by atoms with Gasteiger partial charge in [-0.15, -0.1) is 0 Å². The Balaban J connectivity index is 1.84. The maximum Gasteiger partial charge on any atom is 0.264 e. The topological polar surface area (TPSA) is 66.5 Å². The third-order valence-corrected chi connectivity index (χ3v) is 6.72. The minimum Gasteiger partial charge on any atom is -0.348 e. The van der Waals surface area contributed by atoms with E-state index in [9.17, 15) is 17.6 Å². The molecule has 3 aromatic rings. The standard InChI is InChI=1S/C22H20ClFN2O3S/c1-15-7-8-16(22(27)25-14-17-5-3-4-6-20(17)24)13-21(15)26(2)30(28,29)19-11-9-18(23)10-12-19/h3-13H,14H2,1-2H3,(H,25,27). The molecule has 0 saturated carbocycles. The van der Waals surface area contributed by atoms with E-state index in [0.717, 1.165) is 4.31 Å². The Kier molecular flexibility index (Phi) is 6.43. The first-order valence-electron chi connectivity index (χ1n) is 9.07. The molecule has 3 aromatic carbocycles. The van der Waals surface area contributed by atoms with Crippen LogP contribution in [0.15, 0.2) is 71.6 Å². The van der Waals surface area contributed by atoms with Crippen molar-refractivity contribution in [1.82, 2.24) is 5.32 Å². The summed E-state index contributed by atoms with van der Waals surface area (Å²) in [6.45, 7) is 1.78. The molecule has 0 spiro atoms. The SMILES string of the molecule is Cc1ccc(C(=O)NCc2ccccc2F)cc1N(C)S(=O)(=O)c1ccc(Cl)cc1. The molecule has 0 aliphatic carbocycles. The summed E-state index contributed by atoms with van der Waals surface area (Å²) in [4.78, 5) is 12.6. The summed E-state index contributed by atoms with van der Waals surface area (Å²) < 4.78 is 40.8. The van der Waals surface area contributed by atoms with Crippen LogP contribution in [0.5, 0.6) is 0 Å². The highest BCUT2D eigenvalue weighted by Gasteiger charge is 2.23. The molecule has 0 radical (unpaired) electrons. The first-order chi connectivity index (χ1) is 14.2. The predicted molar refractivity (Wildman–Crippen MR) is 116 cm³/mol. The Morgan fingerprint density at radius 2 is 1.73 bits per heavy atom. The molecule has 0 aliphatic rings. The largest absolute Gasteiger partial charge is 0.348 e. The average Bonchev–Trinajstić information content (AvgIpc) is 2.73. The number of hydrogen-bond acceptors (Lipinski definition) is 3. The molecule has 0 heterocycles. The van der Waals surface area contributed by atoms with E-state index in [2.05, 4.69) is 5.32 Å². The maximum absolute atomic E-state index is 13.7. The van der Waals surface area contributed by atoms with Gasteiger partial charge in [0.2, 0.25) is 0 Å². The lowest BCUT2D eigenvalue weighted by molar-refractivity contribution is 0.0950. The van der Waals surface area contributed by atoms with Crippen LogP contribution in [0, 0.1) is 12.7 Å². The summed E-state index contributed by atoms with van der Waals surface area (Å²) in [5.74, 6) is -0.840. The van der Waals surface area contributed by atoms with E-state index in [1.54, 1.807) is 37.3 Å². The molecule has 0 bridgehead atoms. The fraction of sp³-hybridized carbons (Fsp3) is 0.136. The van der Waals surface area contributed by atoms with Crippen molar-refractivity contribution in [2.45, 2.75) is 18.4 Å². The Labute approximate surface area is 180 Å². The summed E-state index contributed by atoms with van der Waals surface area (Å²) in [7, 11) is -2.42. The van der Waals surface area contributed by atoms with Gasteiger partial charge in [0.1, 0.15) is 5.82 Å². The van der Waals surface area contributed by atoms with Crippen LogP contribution in [0.4, 0.5) is 10.1 Å². The van der Waals surface area contributed by atoms with Crippen LogP contribution >= 0.6 is 11.6 Å². The Bertz CT molecular complexity index is 1180. The van der Waals surface area contributed by atoms with Gasteiger partial charge in [-0.1, -0.05) is 35.9 Å². The molecule has 1 amide bonds. The number of aryl methyl sites for hydroxylation is 1. The number of rotatable bonds is 6. The van der Waals surface area contributed by atoms with E-state index in [0.29, 0.717) is 21.8 Å². The van der Waals surface area contributed by atoms with E-state index in [-0.39, 0.29) is 17.0 Å². The number of anilines is 1. The van der Waals surface area contributed by atoms with Gasteiger partial charge in [-0.3, -0.25) is 9.10 Å². The fourth-order valence-electron chi connectivity index (χ4n) is 2.90. The van der Waals surface area contributed by atoms with E-state index in [4.69, 9.17) is 11.6 Å². The highest BCUT2D eigenvalue weighted by atomic mass is 35.5. The summed E-state index contributed by atoms with van der Waals surface area (Å²) in [6.07, 6.45) is 0. The lowest BCUT2D eigenvalue weighted by Gasteiger charge is -2.22. The molecule has 156 valence electrons. The Morgan fingerprint density at radius 1 is 1.07 bits per heavy atom.